The molecule has 0 saturated carbocycles. The molecular weight excluding hydrogens is 372 g/mol. The van der Waals surface area contributed by atoms with Crippen LogP contribution >= 0.6 is 0 Å². The second-order valence-electron chi connectivity index (χ2n) is 6.46. The van der Waals surface area contributed by atoms with E-state index in [1.165, 1.54) is 6.08 Å². The molecule has 7 nitrogen and oxygen atoms in total. The Balaban J connectivity index is 1.75. The molecule has 0 saturated heterocycles. The first-order chi connectivity index (χ1) is 14.0. The standard InChI is InChI=1S/C22H24N2O5/c1-4-23-22(26)16-7-5-14(2)17(13-16)24-20(25)8-6-15-11-18(27-3)21-19(12-15)28-9-10-29-21/h5-8,11-13H,4,9-10H2,1-3H3,(H,23,26)(H,24,25). The van der Waals surface area contributed by atoms with E-state index in [9.17, 15) is 9.59 Å². The van der Waals surface area contributed by atoms with Gasteiger partial charge in [-0.3, -0.25) is 9.59 Å². The van der Waals surface area contributed by atoms with E-state index in [0.717, 1.165) is 11.1 Å². The number of hydrogen-bond donors (Lipinski definition) is 2. The molecule has 29 heavy (non-hydrogen) atoms. The first-order valence-electron chi connectivity index (χ1n) is 9.37. The van der Waals surface area contributed by atoms with Crippen molar-refractivity contribution in [2.45, 2.75) is 13.8 Å². The highest BCUT2D eigenvalue weighted by atomic mass is 16.6. The quantitative estimate of drug-likeness (QED) is 0.733. The van der Waals surface area contributed by atoms with Crippen LogP contribution in [0.4, 0.5) is 5.69 Å². The van der Waals surface area contributed by atoms with E-state index in [1.54, 1.807) is 43.5 Å². The van der Waals surface area contributed by atoms with Gasteiger partial charge in [-0.2, -0.15) is 0 Å². The van der Waals surface area contributed by atoms with Crippen LogP contribution in [-0.2, 0) is 4.79 Å². The maximum absolute atomic E-state index is 12.4. The lowest BCUT2D eigenvalue weighted by Gasteiger charge is -2.20. The number of methoxy groups -OCH3 is 1. The predicted molar refractivity (Wildman–Crippen MR) is 111 cm³/mol. The van der Waals surface area contributed by atoms with Crippen molar-refractivity contribution in [3.63, 3.8) is 0 Å². The first kappa shape index (κ1) is 20.3. The molecule has 3 rings (SSSR count). The molecule has 7 heteroatoms. The maximum atomic E-state index is 12.4. The van der Waals surface area contributed by atoms with E-state index in [2.05, 4.69) is 10.6 Å². The lowest BCUT2D eigenvalue weighted by molar-refractivity contribution is -0.111. The Morgan fingerprint density at radius 1 is 1.17 bits per heavy atom. The Morgan fingerprint density at radius 3 is 2.72 bits per heavy atom. The average Bonchev–Trinajstić information content (AvgIpc) is 2.73. The Kier molecular flexibility index (Phi) is 6.39. The van der Waals surface area contributed by atoms with Crippen molar-refractivity contribution in [3.8, 4) is 17.2 Å². The summed E-state index contributed by atoms with van der Waals surface area (Å²) in [5.41, 5.74) is 2.69. The van der Waals surface area contributed by atoms with Gasteiger partial charge in [0.15, 0.2) is 11.5 Å². The molecule has 0 unspecified atom stereocenters. The van der Waals surface area contributed by atoms with E-state index >= 15 is 0 Å². The van der Waals surface area contributed by atoms with Crippen LogP contribution in [0.1, 0.15) is 28.4 Å². The lowest BCUT2D eigenvalue weighted by atomic mass is 10.1. The fraction of sp³-hybridized carbons (Fsp3) is 0.273. The second kappa shape index (κ2) is 9.14. The largest absolute Gasteiger partial charge is 0.493 e. The van der Waals surface area contributed by atoms with Crippen molar-refractivity contribution in [1.82, 2.24) is 5.32 Å². The van der Waals surface area contributed by atoms with Crippen LogP contribution in [0, 0.1) is 6.92 Å². The number of carbonyl (C=O) groups excluding carboxylic acids is 2. The summed E-state index contributed by atoms with van der Waals surface area (Å²) in [6, 6.07) is 8.77. The number of hydrogen-bond acceptors (Lipinski definition) is 5. The number of aryl methyl sites for hydroxylation is 1. The Bertz CT molecular complexity index is 935. The van der Waals surface area contributed by atoms with Crippen molar-refractivity contribution >= 4 is 23.6 Å². The maximum Gasteiger partial charge on any atom is 0.251 e. The van der Waals surface area contributed by atoms with Gasteiger partial charge in [0.2, 0.25) is 11.7 Å². The van der Waals surface area contributed by atoms with E-state index in [-0.39, 0.29) is 11.8 Å². The summed E-state index contributed by atoms with van der Waals surface area (Å²) in [5, 5.41) is 5.56. The molecule has 152 valence electrons. The number of ether oxygens (including phenoxy) is 3. The fourth-order valence-corrected chi connectivity index (χ4v) is 2.90. The van der Waals surface area contributed by atoms with Gasteiger partial charge in [-0.15, -0.1) is 0 Å². The lowest BCUT2D eigenvalue weighted by Crippen LogP contribution is -2.23. The number of carbonyl (C=O) groups is 2. The Hall–Kier alpha value is -3.48. The van der Waals surface area contributed by atoms with Crippen molar-refractivity contribution < 1.29 is 23.8 Å². The van der Waals surface area contributed by atoms with Crippen LogP contribution in [0.25, 0.3) is 6.08 Å². The van der Waals surface area contributed by atoms with Crippen LogP contribution in [0.2, 0.25) is 0 Å². The van der Waals surface area contributed by atoms with Gasteiger partial charge < -0.3 is 24.8 Å². The topological polar surface area (TPSA) is 85.9 Å². The van der Waals surface area contributed by atoms with Gasteiger partial charge in [-0.25, -0.2) is 0 Å². The third-order valence-corrected chi connectivity index (χ3v) is 4.37. The number of rotatable bonds is 6. The Labute approximate surface area is 169 Å². The monoisotopic (exact) mass is 396 g/mol. The molecular formula is C22H24N2O5. The Morgan fingerprint density at radius 2 is 1.97 bits per heavy atom. The zero-order valence-electron chi connectivity index (χ0n) is 16.7. The minimum absolute atomic E-state index is 0.179. The van der Waals surface area contributed by atoms with Gasteiger partial charge in [0.1, 0.15) is 13.2 Å². The van der Waals surface area contributed by atoms with E-state index in [4.69, 9.17) is 14.2 Å². The molecule has 0 atom stereocenters. The molecule has 2 aromatic carbocycles. The summed E-state index contributed by atoms with van der Waals surface area (Å²) in [5.74, 6) is 1.21. The molecule has 2 amide bonds. The van der Waals surface area contributed by atoms with Crippen LogP contribution in [0.3, 0.4) is 0 Å². The number of anilines is 1. The van der Waals surface area contributed by atoms with Crippen LogP contribution in [-0.4, -0.2) is 38.7 Å². The molecule has 1 aliphatic rings. The predicted octanol–water partition coefficient (Wildman–Crippen LogP) is 3.18. The summed E-state index contributed by atoms with van der Waals surface area (Å²) < 4.78 is 16.5. The first-order valence-corrected chi connectivity index (χ1v) is 9.37. The normalized spacial score (nSPS) is 12.5. The number of nitrogens with one attached hydrogen (secondary N) is 2. The van der Waals surface area contributed by atoms with Crippen LogP contribution in [0.5, 0.6) is 17.2 Å². The van der Waals surface area contributed by atoms with Crippen molar-refractivity contribution in [3.05, 3.63) is 53.1 Å². The zero-order chi connectivity index (χ0) is 20.8. The molecule has 0 aromatic heterocycles. The second-order valence-corrected chi connectivity index (χ2v) is 6.46. The zero-order valence-corrected chi connectivity index (χ0v) is 16.7. The van der Waals surface area contributed by atoms with E-state index in [1.807, 2.05) is 13.8 Å². The number of fused-ring (bicyclic) bond motifs is 1. The third-order valence-electron chi connectivity index (χ3n) is 4.37. The van der Waals surface area contributed by atoms with Crippen molar-refractivity contribution in [1.29, 1.82) is 0 Å². The average molecular weight is 396 g/mol. The molecule has 0 fully saturated rings. The highest BCUT2D eigenvalue weighted by Gasteiger charge is 2.18. The minimum Gasteiger partial charge on any atom is -0.493 e. The van der Waals surface area contributed by atoms with E-state index < -0.39 is 0 Å². The minimum atomic E-state index is -0.310. The highest BCUT2D eigenvalue weighted by molar-refractivity contribution is 6.03. The number of amides is 2. The van der Waals surface area contributed by atoms with Gasteiger partial charge >= 0.3 is 0 Å². The van der Waals surface area contributed by atoms with Crippen LogP contribution < -0.4 is 24.8 Å². The van der Waals surface area contributed by atoms with Crippen LogP contribution in [0.15, 0.2) is 36.4 Å². The van der Waals surface area contributed by atoms with Crippen molar-refractivity contribution in [2.75, 3.05) is 32.2 Å². The molecule has 0 spiro atoms. The highest BCUT2D eigenvalue weighted by Crippen LogP contribution is 2.40. The summed E-state index contributed by atoms with van der Waals surface area (Å²) in [4.78, 5) is 24.4. The molecule has 2 aromatic rings. The van der Waals surface area contributed by atoms with Gasteiger partial charge in [0.25, 0.3) is 5.91 Å². The molecule has 0 bridgehead atoms. The summed E-state index contributed by atoms with van der Waals surface area (Å²) >= 11 is 0. The smallest absolute Gasteiger partial charge is 0.251 e. The molecule has 1 aliphatic heterocycles. The van der Waals surface area contributed by atoms with Crippen molar-refractivity contribution in [2.24, 2.45) is 0 Å². The van der Waals surface area contributed by atoms with E-state index in [0.29, 0.717) is 48.3 Å². The summed E-state index contributed by atoms with van der Waals surface area (Å²) in [6.45, 7) is 5.19. The molecule has 0 aliphatic carbocycles. The molecule has 1 heterocycles. The summed E-state index contributed by atoms with van der Waals surface area (Å²) in [7, 11) is 1.55. The van der Waals surface area contributed by atoms with Gasteiger partial charge in [-0.05, 0) is 55.3 Å². The molecule has 0 radical (unpaired) electrons. The van der Waals surface area contributed by atoms with Gasteiger partial charge in [0.05, 0.1) is 7.11 Å². The fourth-order valence-electron chi connectivity index (χ4n) is 2.90. The number of benzene rings is 2. The van der Waals surface area contributed by atoms with Gasteiger partial charge in [-0.1, -0.05) is 6.07 Å². The summed E-state index contributed by atoms with van der Waals surface area (Å²) in [6.07, 6.45) is 3.09. The molecule has 2 N–H and O–H groups in total. The SMILES string of the molecule is CCNC(=O)c1ccc(C)c(NC(=O)C=Cc2cc(OC)c3c(c2)OCCO3)c1. The third kappa shape index (κ3) is 4.87. The van der Waals surface area contributed by atoms with Gasteiger partial charge in [0, 0.05) is 23.9 Å².